The quantitative estimate of drug-likeness (QED) is 0.605. The maximum absolute atomic E-state index is 11.5. The normalized spacial score (nSPS) is 9.94. The molecule has 1 rings (SSSR count). The Morgan fingerprint density at radius 2 is 1.72 bits per heavy atom. The van der Waals surface area contributed by atoms with Gasteiger partial charge < -0.3 is 19.3 Å². The van der Waals surface area contributed by atoms with Crippen LogP contribution in [0.15, 0.2) is 12.1 Å². The highest BCUT2D eigenvalue weighted by molar-refractivity contribution is 6.40. The van der Waals surface area contributed by atoms with Crippen molar-refractivity contribution in [1.29, 1.82) is 0 Å². The summed E-state index contributed by atoms with van der Waals surface area (Å²) in [5.41, 5.74) is 0.545. The number of methoxy groups -OCH3 is 3. The van der Waals surface area contributed by atoms with Crippen molar-refractivity contribution in [2.75, 3.05) is 21.3 Å². The molecule has 0 aliphatic rings. The van der Waals surface area contributed by atoms with Gasteiger partial charge in [-0.25, -0.2) is 4.79 Å². The fourth-order valence-electron chi connectivity index (χ4n) is 1.53. The van der Waals surface area contributed by atoms with Gasteiger partial charge in [-0.1, -0.05) is 0 Å². The van der Waals surface area contributed by atoms with Crippen LogP contribution in [0.3, 0.4) is 0 Å². The number of carbonyl (C=O) groups is 2. The molecule has 0 amide bonds. The number of carboxylic acid groups (broad SMARTS) is 1. The zero-order chi connectivity index (χ0) is 13.7. The van der Waals surface area contributed by atoms with Gasteiger partial charge in [-0.15, -0.1) is 0 Å². The number of ketones is 1. The molecule has 1 N–H and O–H groups in total. The summed E-state index contributed by atoms with van der Waals surface area (Å²) in [7, 11) is 4.30. The van der Waals surface area contributed by atoms with Gasteiger partial charge >= 0.3 is 5.97 Å². The minimum absolute atomic E-state index is 0.0298. The molecule has 0 bridgehead atoms. The molecule has 0 atom stereocenters. The van der Waals surface area contributed by atoms with Crippen LogP contribution in [0.1, 0.15) is 15.9 Å². The van der Waals surface area contributed by atoms with Crippen molar-refractivity contribution in [3.8, 4) is 11.5 Å². The minimum Gasteiger partial charge on any atom is -0.496 e. The number of rotatable bonds is 6. The largest absolute Gasteiger partial charge is 0.496 e. The number of hydrogen-bond acceptors (Lipinski definition) is 5. The molecule has 0 radical (unpaired) electrons. The summed E-state index contributed by atoms with van der Waals surface area (Å²) < 4.78 is 15.1. The Balaban J connectivity index is 3.35. The van der Waals surface area contributed by atoms with Crippen LogP contribution in [-0.2, 0) is 16.1 Å². The fraction of sp³-hybridized carbons (Fsp3) is 0.333. The van der Waals surface area contributed by atoms with Gasteiger partial charge in [0, 0.05) is 18.7 Å². The number of Topliss-reactive ketones (excluding diaryl/α,β-unsaturated/α-hetero) is 1. The van der Waals surface area contributed by atoms with Crippen LogP contribution in [0, 0.1) is 0 Å². The topological polar surface area (TPSA) is 82.1 Å². The third-order valence-corrected chi connectivity index (χ3v) is 2.34. The molecule has 0 aliphatic carbocycles. The number of carbonyl (C=O) groups excluding carboxylic acids is 1. The van der Waals surface area contributed by atoms with E-state index in [4.69, 9.17) is 19.3 Å². The second kappa shape index (κ2) is 6.02. The lowest BCUT2D eigenvalue weighted by molar-refractivity contribution is -0.131. The van der Waals surface area contributed by atoms with E-state index in [2.05, 4.69) is 0 Å². The molecule has 1 aromatic carbocycles. The van der Waals surface area contributed by atoms with E-state index in [1.54, 1.807) is 0 Å². The molecule has 6 heteroatoms. The summed E-state index contributed by atoms with van der Waals surface area (Å²) in [6.07, 6.45) is 0. The van der Waals surface area contributed by atoms with Gasteiger partial charge in [0.15, 0.2) is 0 Å². The summed E-state index contributed by atoms with van der Waals surface area (Å²) in [5, 5.41) is 8.74. The number of carboxylic acids is 1. The lowest BCUT2D eigenvalue weighted by atomic mass is 10.0. The predicted octanol–water partition coefficient (Wildman–Crippen LogP) is 1.12. The molecular formula is C12H14O6. The van der Waals surface area contributed by atoms with Crippen molar-refractivity contribution in [2.24, 2.45) is 0 Å². The molecule has 6 nitrogen and oxygen atoms in total. The van der Waals surface area contributed by atoms with Gasteiger partial charge in [0.1, 0.15) is 11.5 Å². The lowest BCUT2D eigenvalue weighted by Gasteiger charge is -2.12. The minimum atomic E-state index is -1.54. The molecule has 0 fully saturated rings. The molecule has 0 saturated heterocycles. The van der Waals surface area contributed by atoms with Crippen molar-refractivity contribution in [2.45, 2.75) is 6.61 Å². The Bertz CT molecular complexity index is 466. The highest BCUT2D eigenvalue weighted by Gasteiger charge is 2.22. The first kappa shape index (κ1) is 14.0. The van der Waals surface area contributed by atoms with Gasteiger partial charge in [0.05, 0.1) is 26.4 Å². The summed E-state index contributed by atoms with van der Waals surface area (Å²) in [6.45, 7) is 0.201. The average Bonchev–Trinajstić information content (AvgIpc) is 2.37. The number of aliphatic carboxylic acids is 1. The molecule has 0 heterocycles. The van der Waals surface area contributed by atoms with Gasteiger partial charge in [0.25, 0.3) is 5.78 Å². The van der Waals surface area contributed by atoms with Crippen molar-refractivity contribution >= 4 is 11.8 Å². The van der Waals surface area contributed by atoms with Crippen LogP contribution >= 0.6 is 0 Å². The molecule has 0 saturated carbocycles. The molecule has 1 aromatic rings. The van der Waals surface area contributed by atoms with E-state index < -0.39 is 11.8 Å². The third kappa shape index (κ3) is 2.78. The maximum Gasteiger partial charge on any atom is 0.377 e. The van der Waals surface area contributed by atoms with Gasteiger partial charge in [-0.2, -0.15) is 0 Å². The van der Waals surface area contributed by atoms with Crippen LogP contribution in [0.5, 0.6) is 11.5 Å². The molecule has 98 valence electrons. The Morgan fingerprint density at radius 3 is 2.17 bits per heavy atom. The van der Waals surface area contributed by atoms with Crippen molar-refractivity contribution in [1.82, 2.24) is 0 Å². The smallest absolute Gasteiger partial charge is 0.377 e. The van der Waals surface area contributed by atoms with Crippen LogP contribution in [0.4, 0.5) is 0 Å². The van der Waals surface area contributed by atoms with E-state index in [9.17, 15) is 9.59 Å². The predicted molar refractivity (Wildman–Crippen MR) is 62.2 cm³/mol. The Kier molecular flexibility index (Phi) is 4.67. The van der Waals surface area contributed by atoms with E-state index in [-0.39, 0.29) is 17.9 Å². The van der Waals surface area contributed by atoms with Gasteiger partial charge in [-0.05, 0) is 6.07 Å². The molecule has 0 spiro atoms. The molecule has 18 heavy (non-hydrogen) atoms. The monoisotopic (exact) mass is 254 g/mol. The van der Waals surface area contributed by atoms with Gasteiger partial charge in [0.2, 0.25) is 0 Å². The van der Waals surface area contributed by atoms with E-state index in [1.165, 1.54) is 33.5 Å². The van der Waals surface area contributed by atoms with Crippen LogP contribution in [0.2, 0.25) is 0 Å². The van der Waals surface area contributed by atoms with E-state index in [1.807, 2.05) is 0 Å². The van der Waals surface area contributed by atoms with E-state index >= 15 is 0 Å². The maximum atomic E-state index is 11.5. The Hall–Kier alpha value is -2.08. The summed E-state index contributed by atoms with van der Waals surface area (Å²) in [6, 6.07) is 2.86. The molecular weight excluding hydrogens is 240 g/mol. The average molecular weight is 254 g/mol. The van der Waals surface area contributed by atoms with E-state index in [0.29, 0.717) is 11.3 Å². The van der Waals surface area contributed by atoms with Crippen molar-refractivity contribution in [3.05, 3.63) is 23.3 Å². The number of benzene rings is 1. The SMILES string of the molecule is COCc1cc(C(=O)C(=O)O)c(OC)cc1OC. The Labute approximate surface area is 104 Å². The number of hydrogen-bond donors (Lipinski definition) is 1. The number of ether oxygens (including phenoxy) is 3. The fourth-order valence-corrected chi connectivity index (χ4v) is 1.53. The second-order valence-corrected chi connectivity index (χ2v) is 3.43. The molecule has 0 aliphatic heterocycles. The van der Waals surface area contributed by atoms with Crippen LogP contribution in [-0.4, -0.2) is 38.2 Å². The first-order valence-electron chi connectivity index (χ1n) is 5.06. The third-order valence-electron chi connectivity index (χ3n) is 2.34. The first-order chi connectivity index (χ1) is 8.54. The second-order valence-electron chi connectivity index (χ2n) is 3.43. The summed E-state index contributed by atoms with van der Waals surface area (Å²) in [5.74, 6) is -1.96. The molecule has 0 unspecified atom stereocenters. The van der Waals surface area contributed by atoms with Crippen molar-refractivity contribution in [3.63, 3.8) is 0 Å². The lowest BCUT2D eigenvalue weighted by Crippen LogP contribution is -2.14. The standard InChI is InChI=1S/C12H14O6/c1-16-6-7-4-8(11(13)12(14)15)10(18-3)5-9(7)17-2/h4-5H,6H2,1-3H3,(H,14,15). The summed E-state index contributed by atoms with van der Waals surface area (Å²) in [4.78, 5) is 22.2. The first-order valence-corrected chi connectivity index (χ1v) is 5.06. The zero-order valence-corrected chi connectivity index (χ0v) is 10.4. The van der Waals surface area contributed by atoms with E-state index in [0.717, 1.165) is 0 Å². The zero-order valence-electron chi connectivity index (χ0n) is 10.4. The highest BCUT2D eigenvalue weighted by atomic mass is 16.5. The van der Waals surface area contributed by atoms with Crippen LogP contribution < -0.4 is 9.47 Å². The summed E-state index contributed by atoms with van der Waals surface area (Å²) >= 11 is 0. The van der Waals surface area contributed by atoms with Crippen LogP contribution in [0.25, 0.3) is 0 Å². The highest BCUT2D eigenvalue weighted by Crippen LogP contribution is 2.30. The van der Waals surface area contributed by atoms with Gasteiger partial charge in [-0.3, -0.25) is 4.79 Å². The Morgan fingerprint density at radius 1 is 1.11 bits per heavy atom. The van der Waals surface area contributed by atoms with Crippen molar-refractivity contribution < 1.29 is 28.9 Å². The molecule has 0 aromatic heterocycles.